The summed E-state index contributed by atoms with van der Waals surface area (Å²) in [5, 5.41) is 0.587. The van der Waals surface area contributed by atoms with Crippen molar-refractivity contribution >= 4 is 24.0 Å². The van der Waals surface area contributed by atoms with E-state index in [0.29, 0.717) is 16.7 Å². The highest BCUT2D eigenvalue weighted by Gasteiger charge is 2.46. The van der Waals surface area contributed by atoms with E-state index < -0.39 is 5.41 Å². The van der Waals surface area contributed by atoms with Crippen molar-refractivity contribution in [2.45, 2.75) is 12.3 Å². The Kier molecular flexibility index (Phi) is 8.45. The quantitative estimate of drug-likeness (QED) is 0.159. The van der Waals surface area contributed by atoms with Crippen LogP contribution in [0.2, 0.25) is 0 Å². The average molecular weight is 695 g/mol. The number of anilines is 2. The molecule has 3 nitrogen and oxygen atoms in total. The zero-order chi connectivity index (χ0) is 36.5. The second kappa shape index (κ2) is 13.9. The molecule has 1 aromatic heterocycles. The highest BCUT2D eigenvalue weighted by molar-refractivity contribution is 5.89. The maximum Gasteiger partial charge on any atom is 0.227 e. The highest BCUT2D eigenvalue weighted by Crippen LogP contribution is 2.57. The van der Waals surface area contributed by atoms with Gasteiger partial charge in [-0.15, -0.1) is 0 Å². The van der Waals surface area contributed by atoms with E-state index in [4.69, 9.17) is 9.40 Å². The molecule has 1 aliphatic rings. The summed E-state index contributed by atoms with van der Waals surface area (Å²) in [5.74, 6) is 0.548. The van der Waals surface area contributed by atoms with Crippen LogP contribution in [0.1, 0.15) is 29.2 Å². The Labute approximate surface area is 316 Å². The molecule has 1 heterocycles. The topological polar surface area (TPSA) is 29.3 Å². The molecule has 0 fully saturated rings. The number of nitrogens with zero attached hydrogens (tertiary/aromatic N) is 2. The van der Waals surface area contributed by atoms with Gasteiger partial charge in [-0.1, -0.05) is 164 Å². The minimum Gasteiger partial charge on any atom is -0.436 e. The minimum absolute atomic E-state index is 0.525. The molecule has 258 valence electrons. The van der Waals surface area contributed by atoms with Crippen LogP contribution >= 0.6 is 0 Å². The van der Waals surface area contributed by atoms with Crippen LogP contribution in [0.15, 0.2) is 204 Å². The Hall–Kier alpha value is -6.97. The summed E-state index contributed by atoms with van der Waals surface area (Å²) < 4.78 is 6.40. The van der Waals surface area contributed by atoms with Crippen molar-refractivity contribution < 1.29 is 4.42 Å². The Balaban J connectivity index is 1.27. The van der Waals surface area contributed by atoms with Gasteiger partial charge in [0, 0.05) is 28.7 Å². The summed E-state index contributed by atoms with van der Waals surface area (Å²) in [4.78, 5) is 7.03. The number of rotatable bonds is 8. The first-order valence-electron chi connectivity index (χ1n) is 18.4. The molecule has 0 aliphatic heterocycles. The summed E-state index contributed by atoms with van der Waals surface area (Å²) in [7, 11) is 0. The van der Waals surface area contributed by atoms with Crippen molar-refractivity contribution in [3.8, 4) is 33.7 Å². The van der Waals surface area contributed by atoms with Gasteiger partial charge in [0.1, 0.15) is 5.35 Å². The number of aromatic nitrogens is 1. The Bertz CT molecular complexity index is 2680. The maximum absolute atomic E-state index is 6.40. The fourth-order valence-electron chi connectivity index (χ4n) is 8.04. The maximum atomic E-state index is 6.40. The van der Waals surface area contributed by atoms with Gasteiger partial charge in [-0.05, 0) is 87.8 Å². The molecule has 0 unspecified atom stereocenters. The van der Waals surface area contributed by atoms with Gasteiger partial charge in [-0.2, -0.15) is 0 Å². The van der Waals surface area contributed by atoms with Gasteiger partial charge in [0.05, 0.1) is 5.41 Å². The van der Waals surface area contributed by atoms with Crippen LogP contribution < -0.4 is 15.7 Å². The first kappa shape index (κ1) is 32.9. The molecular weight excluding hydrogens is 657 g/mol. The van der Waals surface area contributed by atoms with Gasteiger partial charge >= 0.3 is 0 Å². The van der Waals surface area contributed by atoms with Crippen molar-refractivity contribution in [3.63, 3.8) is 0 Å². The van der Waals surface area contributed by atoms with E-state index in [1.807, 2.05) is 36.4 Å². The fraction of sp³-hybridized carbons (Fsp3) is 0.0392. The molecule has 0 saturated carbocycles. The lowest BCUT2D eigenvalue weighted by Crippen LogP contribution is -2.29. The molecule has 54 heavy (non-hydrogen) atoms. The molecule has 7 aromatic carbocycles. The summed E-state index contributed by atoms with van der Waals surface area (Å²) in [5.41, 5.74) is 13.8. The van der Waals surface area contributed by atoms with E-state index >= 15 is 0 Å². The highest BCUT2D eigenvalue weighted by atomic mass is 16.3. The third kappa shape index (κ3) is 5.58. The standard InChI is InChI=1S/C51H38N2O/c1-3-42(35-49-36(2)52-50(54-49)39-20-10-5-11-21-39)53(43-30-28-38(29-31-43)37-18-8-4-9-19-37)44-32-33-46-45-26-16-17-27-47(45)51(48(46)34-44,40-22-12-6-13-23-40)41-24-14-7-15-25-41/h3-35H,2H2,1H3/b42-3+,49-35+. The zero-order valence-corrected chi connectivity index (χ0v) is 30.1. The molecule has 9 rings (SSSR count). The minimum atomic E-state index is -0.525. The van der Waals surface area contributed by atoms with E-state index in [-0.39, 0.29) is 0 Å². The molecular formula is C51H38N2O. The number of hydrogen-bond acceptors (Lipinski definition) is 3. The molecule has 0 radical (unpaired) electrons. The van der Waals surface area contributed by atoms with E-state index in [9.17, 15) is 0 Å². The molecule has 3 heteroatoms. The van der Waals surface area contributed by atoms with Gasteiger partial charge in [-0.25, -0.2) is 4.98 Å². The molecule has 0 spiro atoms. The van der Waals surface area contributed by atoms with Gasteiger partial charge in [0.25, 0.3) is 0 Å². The Morgan fingerprint density at radius 3 is 1.70 bits per heavy atom. The molecule has 0 bridgehead atoms. The zero-order valence-electron chi connectivity index (χ0n) is 30.1. The Morgan fingerprint density at radius 1 is 0.556 bits per heavy atom. The lowest BCUT2D eigenvalue weighted by Gasteiger charge is -2.35. The van der Waals surface area contributed by atoms with Crippen LogP contribution in [0, 0.1) is 0 Å². The average Bonchev–Trinajstić information content (AvgIpc) is 3.76. The number of oxazole rings is 1. The number of hydrogen-bond donors (Lipinski definition) is 0. The van der Waals surface area contributed by atoms with Crippen LogP contribution in [0.25, 0.3) is 46.4 Å². The predicted octanol–water partition coefficient (Wildman–Crippen LogP) is 11.3. The van der Waals surface area contributed by atoms with Crippen molar-refractivity contribution in [2.75, 3.05) is 4.90 Å². The third-order valence-corrected chi connectivity index (χ3v) is 10.5. The predicted molar refractivity (Wildman–Crippen MR) is 223 cm³/mol. The summed E-state index contributed by atoms with van der Waals surface area (Å²) in [6.45, 7) is 6.34. The first-order valence-corrected chi connectivity index (χ1v) is 18.4. The van der Waals surface area contributed by atoms with Crippen LogP contribution in [0.5, 0.6) is 0 Å². The Morgan fingerprint density at radius 2 is 1.07 bits per heavy atom. The monoisotopic (exact) mass is 694 g/mol. The van der Waals surface area contributed by atoms with E-state index in [0.717, 1.165) is 28.2 Å². The molecule has 0 saturated heterocycles. The van der Waals surface area contributed by atoms with Crippen LogP contribution in [0.3, 0.4) is 0 Å². The second-order valence-electron chi connectivity index (χ2n) is 13.6. The smallest absolute Gasteiger partial charge is 0.227 e. The molecule has 1 aliphatic carbocycles. The van der Waals surface area contributed by atoms with E-state index in [1.54, 1.807) is 0 Å². The molecule has 0 N–H and O–H groups in total. The molecule has 0 amide bonds. The molecule has 8 aromatic rings. The van der Waals surface area contributed by atoms with Crippen molar-refractivity contribution in [2.24, 2.45) is 0 Å². The van der Waals surface area contributed by atoms with Crippen molar-refractivity contribution in [1.29, 1.82) is 0 Å². The summed E-state index contributed by atoms with van der Waals surface area (Å²) in [6.07, 6.45) is 4.18. The number of benzene rings is 7. The fourth-order valence-corrected chi connectivity index (χ4v) is 8.04. The largest absolute Gasteiger partial charge is 0.436 e. The van der Waals surface area contributed by atoms with E-state index in [1.165, 1.54) is 38.9 Å². The number of allylic oxidation sites excluding steroid dienone is 2. The SMILES string of the molecule is C=c1nc(-c2ccccc2)o/c1=C/C(=C\C)N(c1ccc(-c2ccccc2)cc1)c1ccc2c(c1)C(c1ccccc1)(c1ccccc1)c1ccccc1-2. The van der Waals surface area contributed by atoms with Gasteiger partial charge in [-0.3, -0.25) is 0 Å². The van der Waals surface area contributed by atoms with Crippen molar-refractivity contribution in [1.82, 2.24) is 4.98 Å². The third-order valence-electron chi connectivity index (χ3n) is 10.5. The lowest BCUT2D eigenvalue weighted by atomic mass is 9.67. The second-order valence-corrected chi connectivity index (χ2v) is 13.6. The first-order chi connectivity index (χ1) is 26.6. The molecule has 0 atom stereocenters. The van der Waals surface area contributed by atoms with E-state index in [2.05, 4.69) is 182 Å². The van der Waals surface area contributed by atoms with Gasteiger partial charge < -0.3 is 9.32 Å². The van der Waals surface area contributed by atoms with Gasteiger partial charge in [0.2, 0.25) is 5.89 Å². The van der Waals surface area contributed by atoms with Crippen molar-refractivity contribution in [3.05, 3.63) is 233 Å². The lowest BCUT2D eigenvalue weighted by molar-refractivity contribution is 0.540. The van der Waals surface area contributed by atoms with Crippen LogP contribution in [-0.2, 0) is 5.41 Å². The van der Waals surface area contributed by atoms with Crippen LogP contribution in [0.4, 0.5) is 11.4 Å². The summed E-state index contributed by atoms with van der Waals surface area (Å²) in [6, 6.07) is 66.9. The summed E-state index contributed by atoms with van der Waals surface area (Å²) >= 11 is 0. The van der Waals surface area contributed by atoms with Gasteiger partial charge in [0.15, 0.2) is 5.42 Å². The van der Waals surface area contributed by atoms with Crippen LogP contribution in [-0.4, -0.2) is 4.98 Å². The normalized spacial score (nSPS) is 13.4. The number of fused-ring (bicyclic) bond motifs is 3.